The first-order valence-corrected chi connectivity index (χ1v) is 11.9. The van der Waals surface area contributed by atoms with E-state index in [-0.39, 0.29) is 30.2 Å². The molecule has 8 nitrogen and oxygen atoms in total. The molecule has 0 aromatic heterocycles. The van der Waals surface area contributed by atoms with Crippen molar-refractivity contribution in [3.05, 3.63) is 35.5 Å². The van der Waals surface area contributed by atoms with Gasteiger partial charge in [0.25, 0.3) is 11.8 Å². The Morgan fingerprint density at radius 3 is 2.55 bits per heavy atom. The number of unbranched alkanes of at least 4 members (excludes halogenated alkanes) is 1. The van der Waals surface area contributed by atoms with Crippen molar-refractivity contribution in [3.8, 4) is 0 Å². The van der Waals surface area contributed by atoms with Gasteiger partial charge in [-0.05, 0) is 49.3 Å². The third kappa shape index (κ3) is 6.21. The zero-order valence-electron chi connectivity index (χ0n) is 19.6. The van der Waals surface area contributed by atoms with Crippen molar-refractivity contribution in [2.75, 3.05) is 44.8 Å². The Kier molecular flexibility index (Phi) is 9.03. The lowest BCUT2D eigenvalue weighted by Crippen LogP contribution is -2.40. The first-order chi connectivity index (χ1) is 16.0. The van der Waals surface area contributed by atoms with E-state index in [2.05, 4.69) is 12.2 Å². The van der Waals surface area contributed by atoms with Gasteiger partial charge in [0, 0.05) is 52.1 Å². The molecule has 3 amide bonds. The summed E-state index contributed by atoms with van der Waals surface area (Å²) in [6, 6.07) is 6.99. The monoisotopic (exact) mass is 457 g/mol. The molecule has 0 bridgehead atoms. The van der Waals surface area contributed by atoms with Crippen molar-refractivity contribution in [1.82, 2.24) is 9.80 Å². The Morgan fingerprint density at radius 2 is 1.88 bits per heavy atom. The number of hydrogen-bond acceptors (Lipinski definition) is 6. The first kappa shape index (κ1) is 24.9. The van der Waals surface area contributed by atoms with Crippen LogP contribution >= 0.6 is 0 Å². The molecule has 0 radical (unpaired) electrons. The second-order valence-electron chi connectivity index (χ2n) is 8.70. The lowest BCUT2D eigenvalue weighted by molar-refractivity contribution is -0.138. The van der Waals surface area contributed by atoms with Crippen LogP contribution in [0, 0.1) is 5.92 Å². The Bertz CT molecular complexity index is 881. The maximum atomic E-state index is 13.4. The van der Waals surface area contributed by atoms with Crippen molar-refractivity contribution in [2.45, 2.75) is 46.0 Å². The van der Waals surface area contributed by atoms with Crippen molar-refractivity contribution in [1.29, 1.82) is 0 Å². The molecule has 0 spiro atoms. The average molecular weight is 458 g/mol. The highest BCUT2D eigenvalue weighted by Crippen LogP contribution is 2.34. The Morgan fingerprint density at radius 1 is 1.15 bits per heavy atom. The number of aliphatic hydroxyl groups excluding tert-OH is 1. The molecule has 1 unspecified atom stereocenters. The van der Waals surface area contributed by atoms with E-state index in [1.165, 1.54) is 11.8 Å². The highest BCUT2D eigenvalue weighted by molar-refractivity contribution is 6.35. The molecule has 180 valence electrons. The SMILES string of the molecule is CCCCOCCCN1C(=O)C(c2ccc(NC(C)=O)cc2)=C(N2CCCC(CO)C2)C1=O. The van der Waals surface area contributed by atoms with E-state index in [1.807, 2.05) is 4.90 Å². The number of amides is 3. The van der Waals surface area contributed by atoms with E-state index in [9.17, 15) is 19.5 Å². The minimum Gasteiger partial charge on any atom is -0.396 e. The molecule has 2 heterocycles. The van der Waals surface area contributed by atoms with Gasteiger partial charge in [-0.15, -0.1) is 0 Å². The van der Waals surface area contributed by atoms with Crippen LogP contribution in [0.25, 0.3) is 5.57 Å². The second-order valence-corrected chi connectivity index (χ2v) is 8.70. The van der Waals surface area contributed by atoms with Crippen LogP contribution < -0.4 is 5.32 Å². The van der Waals surface area contributed by atoms with Gasteiger partial charge in [-0.3, -0.25) is 19.3 Å². The van der Waals surface area contributed by atoms with Gasteiger partial charge in [0.2, 0.25) is 5.91 Å². The molecule has 0 aliphatic carbocycles. The molecular formula is C25H35N3O5. The zero-order valence-corrected chi connectivity index (χ0v) is 19.6. The minimum atomic E-state index is -0.304. The predicted octanol–water partition coefficient (Wildman–Crippen LogP) is 2.64. The zero-order chi connectivity index (χ0) is 23.8. The molecule has 3 rings (SSSR count). The first-order valence-electron chi connectivity index (χ1n) is 11.9. The van der Waals surface area contributed by atoms with Crippen LogP contribution in [0.1, 0.15) is 51.5 Å². The van der Waals surface area contributed by atoms with Gasteiger partial charge in [0.1, 0.15) is 5.70 Å². The summed E-state index contributed by atoms with van der Waals surface area (Å²) >= 11 is 0. The third-order valence-electron chi connectivity index (χ3n) is 6.04. The maximum absolute atomic E-state index is 13.4. The fraction of sp³-hybridized carbons (Fsp3) is 0.560. The molecule has 2 aliphatic rings. The fourth-order valence-corrected chi connectivity index (χ4v) is 4.33. The second kappa shape index (κ2) is 12.0. The van der Waals surface area contributed by atoms with E-state index in [0.717, 1.165) is 25.7 Å². The third-order valence-corrected chi connectivity index (χ3v) is 6.04. The maximum Gasteiger partial charge on any atom is 0.277 e. The summed E-state index contributed by atoms with van der Waals surface area (Å²) in [5.74, 6) is -0.681. The number of carbonyl (C=O) groups is 3. The Balaban J connectivity index is 1.83. The van der Waals surface area contributed by atoms with E-state index in [0.29, 0.717) is 61.8 Å². The smallest absolute Gasteiger partial charge is 0.277 e. The van der Waals surface area contributed by atoms with E-state index < -0.39 is 0 Å². The molecule has 1 aromatic carbocycles. The number of likely N-dealkylation sites (tertiary alicyclic amines) is 1. The molecule has 1 fully saturated rings. The number of hydrogen-bond donors (Lipinski definition) is 2. The number of benzene rings is 1. The molecule has 1 aromatic rings. The number of imide groups is 1. The van der Waals surface area contributed by atoms with Crippen molar-refractivity contribution in [2.24, 2.45) is 5.92 Å². The lowest BCUT2D eigenvalue weighted by Gasteiger charge is -2.34. The normalized spacial score (nSPS) is 18.9. The number of rotatable bonds is 11. The summed E-state index contributed by atoms with van der Waals surface area (Å²) in [6.45, 7) is 6.31. The molecule has 1 saturated heterocycles. The number of anilines is 1. The average Bonchev–Trinajstić information content (AvgIpc) is 3.06. The van der Waals surface area contributed by atoms with E-state index >= 15 is 0 Å². The fourth-order valence-electron chi connectivity index (χ4n) is 4.33. The van der Waals surface area contributed by atoms with Gasteiger partial charge >= 0.3 is 0 Å². The van der Waals surface area contributed by atoms with Crippen LogP contribution in [0.2, 0.25) is 0 Å². The molecule has 33 heavy (non-hydrogen) atoms. The largest absolute Gasteiger partial charge is 0.396 e. The van der Waals surface area contributed by atoms with Crippen molar-refractivity contribution < 1.29 is 24.2 Å². The van der Waals surface area contributed by atoms with Crippen LogP contribution in [0.4, 0.5) is 5.69 Å². The number of ether oxygens (including phenoxy) is 1. The number of aliphatic hydroxyl groups is 1. The van der Waals surface area contributed by atoms with Crippen LogP contribution in [-0.4, -0.2) is 72.1 Å². The van der Waals surface area contributed by atoms with Crippen molar-refractivity contribution >= 4 is 29.0 Å². The topological polar surface area (TPSA) is 99.2 Å². The predicted molar refractivity (Wildman–Crippen MR) is 126 cm³/mol. The van der Waals surface area contributed by atoms with Gasteiger partial charge in [-0.25, -0.2) is 0 Å². The summed E-state index contributed by atoms with van der Waals surface area (Å²) in [5, 5.41) is 12.4. The molecule has 8 heteroatoms. The van der Waals surface area contributed by atoms with Crippen LogP contribution in [0.3, 0.4) is 0 Å². The Hall–Kier alpha value is -2.71. The summed E-state index contributed by atoms with van der Waals surface area (Å²) < 4.78 is 5.60. The highest BCUT2D eigenvalue weighted by Gasteiger charge is 2.42. The van der Waals surface area contributed by atoms with Crippen LogP contribution in [0.15, 0.2) is 30.0 Å². The number of nitrogens with one attached hydrogen (secondary N) is 1. The van der Waals surface area contributed by atoms with E-state index in [4.69, 9.17) is 4.74 Å². The number of piperidine rings is 1. The van der Waals surface area contributed by atoms with Gasteiger partial charge in [-0.2, -0.15) is 0 Å². The molecular weight excluding hydrogens is 422 g/mol. The van der Waals surface area contributed by atoms with Gasteiger partial charge in [0.05, 0.1) is 5.57 Å². The highest BCUT2D eigenvalue weighted by atomic mass is 16.5. The van der Waals surface area contributed by atoms with Crippen molar-refractivity contribution in [3.63, 3.8) is 0 Å². The minimum absolute atomic E-state index is 0.0610. The van der Waals surface area contributed by atoms with Gasteiger partial charge < -0.3 is 20.1 Å². The number of nitrogens with zero attached hydrogens (tertiary/aromatic N) is 2. The van der Waals surface area contributed by atoms with Crippen LogP contribution in [0.5, 0.6) is 0 Å². The van der Waals surface area contributed by atoms with Gasteiger partial charge in [-0.1, -0.05) is 25.5 Å². The molecule has 2 aliphatic heterocycles. The standard InChI is InChI=1S/C25H35N3O5/c1-3-4-14-33-15-6-13-28-24(31)22(20-8-10-21(11-9-20)26-18(2)30)23(25(28)32)27-12-5-7-19(16-27)17-29/h8-11,19,29H,3-7,12-17H2,1-2H3,(H,26,30). The summed E-state index contributed by atoms with van der Waals surface area (Å²) in [5.41, 5.74) is 2.08. The quantitative estimate of drug-likeness (QED) is 0.392. The van der Waals surface area contributed by atoms with E-state index in [1.54, 1.807) is 24.3 Å². The summed E-state index contributed by atoms with van der Waals surface area (Å²) in [4.78, 5) is 41.4. The molecule has 2 N–H and O–H groups in total. The summed E-state index contributed by atoms with van der Waals surface area (Å²) in [6.07, 6.45) is 4.40. The summed E-state index contributed by atoms with van der Waals surface area (Å²) in [7, 11) is 0. The molecule has 0 saturated carbocycles. The number of carbonyl (C=O) groups excluding carboxylic acids is 3. The lowest BCUT2D eigenvalue weighted by atomic mass is 9.97. The Labute approximate surface area is 195 Å². The van der Waals surface area contributed by atoms with Crippen LogP contribution in [-0.2, 0) is 19.1 Å². The van der Waals surface area contributed by atoms with Gasteiger partial charge in [0.15, 0.2) is 0 Å². The molecule has 1 atom stereocenters.